The van der Waals surface area contributed by atoms with E-state index in [9.17, 15) is 13.2 Å². The topological polar surface area (TPSA) is 95.2 Å². The van der Waals surface area contributed by atoms with Crippen molar-refractivity contribution in [3.8, 4) is 0 Å². The van der Waals surface area contributed by atoms with Gasteiger partial charge in [-0.3, -0.25) is 9.78 Å². The van der Waals surface area contributed by atoms with Crippen molar-refractivity contribution in [2.24, 2.45) is 0 Å². The molecule has 0 aliphatic carbocycles. The SMILES string of the molecule is CC(=O)Nc1ccc(S(=O)(=O)N2CCC(c3c[nH]c4cccnc34)CC2)cc1. The molecule has 7 nitrogen and oxygen atoms in total. The molecule has 4 rings (SSSR count). The van der Waals surface area contributed by atoms with Gasteiger partial charge in [0, 0.05) is 38.1 Å². The Labute approximate surface area is 163 Å². The van der Waals surface area contributed by atoms with Gasteiger partial charge in [-0.15, -0.1) is 0 Å². The molecule has 146 valence electrons. The molecule has 1 amide bonds. The lowest BCUT2D eigenvalue weighted by molar-refractivity contribution is -0.114. The number of hydrogen-bond acceptors (Lipinski definition) is 4. The van der Waals surface area contributed by atoms with Crippen LogP contribution in [0, 0.1) is 0 Å². The molecule has 2 N–H and O–H groups in total. The van der Waals surface area contributed by atoms with Gasteiger partial charge in [0.15, 0.2) is 0 Å². The van der Waals surface area contributed by atoms with E-state index in [4.69, 9.17) is 0 Å². The number of rotatable bonds is 4. The molecule has 8 heteroatoms. The highest BCUT2D eigenvalue weighted by Gasteiger charge is 2.31. The molecule has 1 fully saturated rings. The number of H-pyrrole nitrogens is 1. The molecule has 3 aromatic rings. The van der Waals surface area contributed by atoms with Gasteiger partial charge in [0.2, 0.25) is 15.9 Å². The van der Waals surface area contributed by atoms with Crippen LogP contribution in [0.2, 0.25) is 0 Å². The molecule has 2 aromatic heterocycles. The number of anilines is 1. The summed E-state index contributed by atoms with van der Waals surface area (Å²) in [5, 5.41) is 2.64. The summed E-state index contributed by atoms with van der Waals surface area (Å²) in [6, 6.07) is 10.2. The number of sulfonamides is 1. The van der Waals surface area contributed by atoms with Crippen molar-refractivity contribution in [2.45, 2.75) is 30.6 Å². The van der Waals surface area contributed by atoms with E-state index in [1.165, 1.54) is 19.1 Å². The number of carbonyl (C=O) groups is 1. The number of hydrogen-bond donors (Lipinski definition) is 2. The second-order valence-corrected chi connectivity index (χ2v) is 8.97. The highest BCUT2D eigenvalue weighted by atomic mass is 32.2. The number of benzene rings is 1. The van der Waals surface area contributed by atoms with Crippen LogP contribution in [-0.2, 0) is 14.8 Å². The number of nitrogens with one attached hydrogen (secondary N) is 2. The van der Waals surface area contributed by atoms with Gasteiger partial charge in [0.25, 0.3) is 0 Å². The van der Waals surface area contributed by atoms with E-state index in [-0.39, 0.29) is 16.7 Å². The lowest BCUT2D eigenvalue weighted by Gasteiger charge is -2.31. The van der Waals surface area contributed by atoms with E-state index in [0.29, 0.717) is 18.8 Å². The number of amides is 1. The molecule has 0 atom stereocenters. The summed E-state index contributed by atoms with van der Waals surface area (Å²) in [5.74, 6) is 0.0988. The highest BCUT2D eigenvalue weighted by Crippen LogP contribution is 2.34. The lowest BCUT2D eigenvalue weighted by Crippen LogP contribution is -2.37. The van der Waals surface area contributed by atoms with Gasteiger partial charge in [-0.05, 0) is 60.7 Å². The molecule has 1 aliphatic heterocycles. The summed E-state index contributed by atoms with van der Waals surface area (Å²) in [7, 11) is -3.54. The molecule has 0 bridgehead atoms. The van der Waals surface area contributed by atoms with Crippen molar-refractivity contribution >= 4 is 32.7 Å². The van der Waals surface area contributed by atoms with Crippen molar-refractivity contribution < 1.29 is 13.2 Å². The van der Waals surface area contributed by atoms with E-state index in [1.807, 2.05) is 18.3 Å². The predicted octanol–water partition coefficient (Wildman–Crippen LogP) is 3.09. The monoisotopic (exact) mass is 398 g/mol. The molecule has 1 aliphatic rings. The minimum Gasteiger partial charge on any atom is -0.360 e. The van der Waals surface area contributed by atoms with E-state index in [2.05, 4.69) is 15.3 Å². The molecule has 0 unspecified atom stereocenters. The molecule has 1 saturated heterocycles. The Morgan fingerprint density at radius 1 is 1.18 bits per heavy atom. The van der Waals surface area contributed by atoms with Crippen molar-refractivity contribution in [3.63, 3.8) is 0 Å². The summed E-state index contributed by atoms with van der Waals surface area (Å²) >= 11 is 0. The fourth-order valence-corrected chi connectivity index (χ4v) is 5.23. The number of fused-ring (bicyclic) bond motifs is 1. The number of nitrogens with zero attached hydrogens (tertiary/aromatic N) is 2. The number of carbonyl (C=O) groups excluding carboxylic acids is 1. The Hall–Kier alpha value is -2.71. The Balaban J connectivity index is 1.47. The minimum atomic E-state index is -3.54. The first-order valence-corrected chi connectivity index (χ1v) is 10.7. The zero-order valence-corrected chi connectivity index (χ0v) is 16.4. The fourth-order valence-electron chi connectivity index (χ4n) is 3.76. The van der Waals surface area contributed by atoms with Gasteiger partial charge >= 0.3 is 0 Å². The van der Waals surface area contributed by atoms with Crippen molar-refractivity contribution in [1.82, 2.24) is 14.3 Å². The molecule has 1 aromatic carbocycles. The number of aromatic amines is 1. The number of aromatic nitrogens is 2. The van der Waals surface area contributed by atoms with Crippen LogP contribution in [0.3, 0.4) is 0 Å². The van der Waals surface area contributed by atoms with Crippen LogP contribution in [0.25, 0.3) is 11.0 Å². The van der Waals surface area contributed by atoms with E-state index >= 15 is 0 Å². The van der Waals surface area contributed by atoms with E-state index in [0.717, 1.165) is 29.4 Å². The Kier molecular flexibility index (Phi) is 4.91. The van der Waals surface area contributed by atoms with Crippen LogP contribution in [-0.4, -0.2) is 41.7 Å². The quantitative estimate of drug-likeness (QED) is 0.706. The van der Waals surface area contributed by atoms with E-state index in [1.54, 1.807) is 22.6 Å². The van der Waals surface area contributed by atoms with Gasteiger partial charge in [-0.2, -0.15) is 4.31 Å². The maximum absolute atomic E-state index is 12.9. The largest absolute Gasteiger partial charge is 0.360 e. The predicted molar refractivity (Wildman–Crippen MR) is 108 cm³/mol. The summed E-state index contributed by atoms with van der Waals surface area (Å²) in [5.41, 5.74) is 3.72. The van der Waals surface area contributed by atoms with Crippen molar-refractivity contribution in [3.05, 3.63) is 54.4 Å². The van der Waals surface area contributed by atoms with Gasteiger partial charge in [-0.25, -0.2) is 8.42 Å². The molecule has 28 heavy (non-hydrogen) atoms. The Morgan fingerprint density at radius 2 is 1.89 bits per heavy atom. The average Bonchev–Trinajstić information content (AvgIpc) is 3.12. The van der Waals surface area contributed by atoms with Crippen LogP contribution in [0.15, 0.2) is 53.7 Å². The maximum Gasteiger partial charge on any atom is 0.243 e. The molecule has 3 heterocycles. The first-order valence-electron chi connectivity index (χ1n) is 9.25. The number of piperidine rings is 1. The van der Waals surface area contributed by atoms with Crippen LogP contribution in [0.4, 0.5) is 5.69 Å². The Bertz CT molecular complexity index is 1100. The summed E-state index contributed by atoms with van der Waals surface area (Å²) in [6.07, 6.45) is 5.29. The van der Waals surface area contributed by atoms with Crippen LogP contribution in [0.5, 0.6) is 0 Å². The third-order valence-corrected chi connectivity index (χ3v) is 7.08. The normalized spacial score (nSPS) is 16.3. The molecular formula is C20H22N4O3S. The minimum absolute atomic E-state index is 0.190. The molecule has 0 radical (unpaired) electrons. The van der Waals surface area contributed by atoms with Crippen LogP contribution in [0.1, 0.15) is 31.2 Å². The van der Waals surface area contributed by atoms with Crippen LogP contribution < -0.4 is 5.32 Å². The van der Waals surface area contributed by atoms with Gasteiger partial charge in [0.1, 0.15) is 0 Å². The third-order valence-electron chi connectivity index (χ3n) is 5.17. The smallest absolute Gasteiger partial charge is 0.243 e. The van der Waals surface area contributed by atoms with Gasteiger partial charge in [-0.1, -0.05) is 0 Å². The van der Waals surface area contributed by atoms with Crippen LogP contribution >= 0.6 is 0 Å². The second-order valence-electron chi connectivity index (χ2n) is 7.03. The van der Waals surface area contributed by atoms with Crippen molar-refractivity contribution in [1.29, 1.82) is 0 Å². The van der Waals surface area contributed by atoms with E-state index < -0.39 is 10.0 Å². The zero-order valence-electron chi connectivity index (χ0n) is 15.6. The van der Waals surface area contributed by atoms with Crippen molar-refractivity contribution in [2.75, 3.05) is 18.4 Å². The standard InChI is InChI=1S/C20H22N4O3S/c1-14(25)23-16-4-6-17(7-5-16)28(26,27)24-11-8-15(9-12-24)18-13-22-19-3-2-10-21-20(18)19/h2-7,10,13,15,22H,8-9,11-12H2,1H3,(H,23,25). The summed E-state index contributed by atoms with van der Waals surface area (Å²) in [6.45, 7) is 2.36. The third kappa shape index (κ3) is 3.53. The molecular weight excluding hydrogens is 376 g/mol. The Morgan fingerprint density at radius 3 is 2.57 bits per heavy atom. The lowest BCUT2D eigenvalue weighted by atomic mass is 9.91. The number of pyridine rings is 1. The van der Waals surface area contributed by atoms with Gasteiger partial charge in [0.05, 0.1) is 15.9 Å². The zero-order chi connectivity index (χ0) is 19.7. The first kappa shape index (κ1) is 18.6. The van der Waals surface area contributed by atoms with Gasteiger partial charge < -0.3 is 10.3 Å². The molecule has 0 saturated carbocycles. The highest BCUT2D eigenvalue weighted by molar-refractivity contribution is 7.89. The maximum atomic E-state index is 12.9. The second kappa shape index (κ2) is 7.37. The average molecular weight is 398 g/mol. The summed E-state index contributed by atoms with van der Waals surface area (Å²) < 4.78 is 27.4. The summed E-state index contributed by atoms with van der Waals surface area (Å²) in [4.78, 5) is 19.1. The first-order chi connectivity index (χ1) is 13.4. The fraction of sp³-hybridized carbons (Fsp3) is 0.300. The molecule has 0 spiro atoms.